The van der Waals surface area contributed by atoms with Gasteiger partial charge in [-0.2, -0.15) is 0 Å². The Morgan fingerprint density at radius 2 is 1.77 bits per heavy atom. The van der Waals surface area contributed by atoms with Gasteiger partial charge in [0, 0.05) is 17.5 Å². The van der Waals surface area contributed by atoms with Gasteiger partial charge in [0.2, 0.25) is 5.91 Å². The first-order valence-electron chi connectivity index (χ1n) is 10.2. The Labute approximate surface area is 178 Å². The van der Waals surface area contributed by atoms with Crippen LogP contribution in [0.2, 0.25) is 0 Å². The molecule has 0 saturated heterocycles. The van der Waals surface area contributed by atoms with Crippen LogP contribution in [0.15, 0.2) is 64.2 Å². The maximum absolute atomic E-state index is 12.8. The van der Waals surface area contributed by atoms with Gasteiger partial charge in [-0.15, -0.1) is 5.10 Å². The van der Waals surface area contributed by atoms with Crippen LogP contribution in [-0.2, 0) is 17.9 Å². The molecule has 0 unspecified atom stereocenters. The van der Waals surface area contributed by atoms with Crippen molar-refractivity contribution in [2.24, 2.45) is 0 Å². The highest BCUT2D eigenvalue weighted by atomic mass is 16.2. The maximum atomic E-state index is 12.8. The highest BCUT2D eigenvalue weighted by molar-refractivity contribution is 5.84. The third kappa shape index (κ3) is 4.09. The average molecular weight is 417 g/mol. The number of hydrogen-bond donors (Lipinski definition) is 1. The molecule has 2 aromatic carbocycles. The van der Waals surface area contributed by atoms with E-state index in [9.17, 15) is 14.4 Å². The van der Waals surface area contributed by atoms with Crippen LogP contribution in [0.3, 0.4) is 0 Å². The lowest BCUT2D eigenvalue weighted by Gasteiger charge is -2.18. The van der Waals surface area contributed by atoms with Crippen molar-refractivity contribution in [2.45, 2.75) is 39.4 Å². The summed E-state index contributed by atoms with van der Waals surface area (Å²) >= 11 is 0. The van der Waals surface area contributed by atoms with E-state index in [0.29, 0.717) is 22.8 Å². The van der Waals surface area contributed by atoms with Crippen LogP contribution in [0.1, 0.15) is 18.9 Å². The molecule has 4 rings (SSSR count). The molecule has 1 N–H and O–H groups in total. The molecule has 0 radical (unpaired) electrons. The summed E-state index contributed by atoms with van der Waals surface area (Å²) < 4.78 is 2.73. The number of amides is 1. The van der Waals surface area contributed by atoms with E-state index in [4.69, 9.17) is 0 Å². The molecule has 8 nitrogen and oxygen atoms in total. The Bertz CT molecular complexity index is 1390. The van der Waals surface area contributed by atoms with Crippen LogP contribution >= 0.6 is 0 Å². The van der Waals surface area contributed by atoms with Crippen LogP contribution in [0.25, 0.3) is 21.8 Å². The van der Waals surface area contributed by atoms with Gasteiger partial charge in [0.05, 0.1) is 17.4 Å². The van der Waals surface area contributed by atoms with Gasteiger partial charge in [-0.3, -0.25) is 19.0 Å². The van der Waals surface area contributed by atoms with E-state index in [1.165, 1.54) is 15.3 Å². The van der Waals surface area contributed by atoms with Gasteiger partial charge in [-0.1, -0.05) is 42.5 Å². The third-order valence-electron chi connectivity index (χ3n) is 5.41. The maximum Gasteiger partial charge on any atom is 0.277 e. The summed E-state index contributed by atoms with van der Waals surface area (Å²) in [7, 11) is 0. The summed E-state index contributed by atoms with van der Waals surface area (Å²) in [6.45, 7) is 3.89. The zero-order valence-corrected chi connectivity index (χ0v) is 17.4. The second kappa shape index (κ2) is 8.51. The number of benzene rings is 2. The zero-order chi connectivity index (χ0) is 22.0. The molecule has 2 aromatic heterocycles. The first-order chi connectivity index (χ1) is 15.0. The Hall–Kier alpha value is -3.81. The standard InChI is InChI=1S/C23H23N5O3/c1-3-16(13-28-23(31)18-9-4-6-10-19(18)25-26-28)24-21(29)14-27-20-11-7-5-8-17(20)15(2)12-22(27)30/h4-12,16H,3,13-14H2,1-2H3,(H,24,29)/t16-/m1/s1. The Morgan fingerprint density at radius 3 is 2.55 bits per heavy atom. The molecular formula is C23H23N5O3. The Balaban J connectivity index is 1.55. The zero-order valence-electron chi connectivity index (χ0n) is 17.4. The minimum Gasteiger partial charge on any atom is -0.350 e. The summed E-state index contributed by atoms with van der Waals surface area (Å²) in [6.07, 6.45) is 0.593. The molecule has 4 aromatic rings. The lowest BCUT2D eigenvalue weighted by molar-refractivity contribution is -0.122. The van der Waals surface area contributed by atoms with Gasteiger partial charge in [0.15, 0.2) is 0 Å². The van der Waals surface area contributed by atoms with Gasteiger partial charge in [0.1, 0.15) is 12.1 Å². The van der Waals surface area contributed by atoms with Crippen LogP contribution < -0.4 is 16.4 Å². The van der Waals surface area contributed by atoms with E-state index in [1.807, 2.05) is 38.1 Å². The van der Waals surface area contributed by atoms with Crippen molar-refractivity contribution in [3.05, 3.63) is 80.9 Å². The lowest BCUT2D eigenvalue weighted by atomic mass is 10.1. The molecule has 0 saturated carbocycles. The van der Waals surface area contributed by atoms with Crippen LogP contribution in [0, 0.1) is 6.92 Å². The number of carbonyl (C=O) groups excluding carboxylic acids is 1. The molecule has 0 aliphatic heterocycles. The molecular weight excluding hydrogens is 394 g/mol. The van der Waals surface area contributed by atoms with Crippen LogP contribution in [0.5, 0.6) is 0 Å². The molecule has 1 amide bonds. The van der Waals surface area contributed by atoms with Gasteiger partial charge in [-0.25, -0.2) is 4.68 Å². The highest BCUT2D eigenvalue weighted by Gasteiger charge is 2.16. The number of fused-ring (bicyclic) bond motifs is 2. The fourth-order valence-electron chi connectivity index (χ4n) is 3.71. The van der Waals surface area contributed by atoms with E-state index >= 15 is 0 Å². The summed E-state index contributed by atoms with van der Waals surface area (Å²) in [6, 6.07) is 15.7. The number of rotatable bonds is 6. The largest absolute Gasteiger partial charge is 0.350 e. The molecule has 0 fully saturated rings. The minimum atomic E-state index is -0.326. The number of nitrogens with zero attached hydrogens (tertiary/aromatic N) is 4. The lowest BCUT2D eigenvalue weighted by Crippen LogP contribution is -2.43. The molecule has 0 aliphatic carbocycles. The first kappa shape index (κ1) is 20.5. The summed E-state index contributed by atoms with van der Waals surface area (Å²) in [5.41, 5.74) is 1.65. The van der Waals surface area contributed by atoms with Crippen molar-refractivity contribution in [2.75, 3.05) is 0 Å². The molecule has 1 atom stereocenters. The van der Waals surface area contributed by atoms with Crippen molar-refractivity contribution < 1.29 is 4.79 Å². The number of pyridine rings is 1. The highest BCUT2D eigenvalue weighted by Crippen LogP contribution is 2.15. The molecule has 158 valence electrons. The molecule has 31 heavy (non-hydrogen) atoms. The quantitative estimate of drug-likeness (QED) is 0.517. The summed E-state index contributed by atoms with van der Waals surface area (Å²) in [5.74, 6) is -0.301. The van der Waals surface area contributed by atoms with Crippen LogP contribution in [0.4, 0.5) is 0 Å². The molecule has 0 aliphatic rings. The van der Waals surface area contributed by atoms with E-state index in [-0.39, 0.29) is 36.2 Å². The number of nitrogens with one attached hydrogen (secondary N) is 1. The number of para-hydroxylation sites is 1. The number of aromatic nitrogens is 4. The second-order valence-corrected chi connectivity index (χ2v) is 7.54. The SMILES string of the molecule is CC[C@H](Cn1nnc2ccccc2c1=O)NC(=O)Cn1c(=O)cc(C)c2ccccc21. The van der Waals surface area contributed by atoms with Crippen molar-refractivity contribution in [1.82, 2.24) is 24.9 Å². The van der Waals surface area contributed by atoms with Crippen molar-refractivity contribution >= 4 is 27.7 Å². The molecule has 8 heteroatoms. The number of hydrogen-bond acceptors (Lipinski definition) is 5. The molecule has 0 bridgehead atoms. The van der Waals surface area contributed by atoms with Crippen molar-refractivity contribution in [3.63, 3.8) is 0 Å². The van der Waals surface area contributed by atoms with Gasteiger partial charge in [-0.05, 0) is 37.1 Å². The average Bonchev–Trinajstić information content (AvgIpc) is 2.78. The predicted octanol–water partition coefficient (Wildman–Crippen LogP) is 2.01. The normalized spacial score (nSPS) is 12.2. The number of carbonyl (C=O) groups is 1. The van der Waals surface area contributed by atoms with Crippen molar-refractivity contribution in [3.8, 4) is 0 Å². The molecule has 2 heterocycles. The van der Waals surface area contributed by atoms with E-state index < -0.39 is 0 Å². The minimum absolute atomic E-state index is 0.103. The van der Waals surface area contributed by atoms with Gasteiger partial charge < -0.3 is 5.32 Å². The Kier molecular flexibility index (Phi) is 5.62. The van der Waals surface area contributed by atoms with Gasteiger partial charge >= 0.3 is 0 Å². The Morgan fingerprint density at radius 1 is 1.06 bits per heavy atom. The summed E-state index contributed by atoms with van der Waals surface area (Å²) in [5, 5.41) is 12.4. The monoisotopic (exact) mass is 417 g/mol. The summed E-state index contributed by atoms with van der Waals surface area (Å²) in [4.78, 5) is 38.0. The van der Waals surface area contributed by atoms with Gasteiger partial charge in [0.25, 0.3) is 11.1 Å². The van der Waals surface area contributed by atoms with E-state index in [1.54, 1.807) is 24.3 Å². The topological polar surface area (TPSA) is 98.9 Å². The first-order valence-corrected chi connectivity index (χ1v) is 10.2. The molecule has 0 spiro atoms. The third-order valence-corrected chi connectivity index (χ3v) is 5.41. The number of aryl methyl sites for hydroxylation is 1. The van der Waals surface area contributed by atoms with Crippen molar-refractivity contribution in [1.29, 1.82) is 0 Å². The van der Waals surface area contributed by atoms with E-state index in [2.05, 4.69) is 15.6 Å². The fraction of sp³-hybridized carbons (Fsp3) is 0.261. The fourth-order valence-corrected chi connectivity index (χ4v) is 3.71. The second-order valence-electron chi connectivity index (χ2n) is 7.54. The predicted molar refractivity (Wildman–Crippen MR) is 119 cm³/mol. The van der Waals surface area contributed by atoms with Crippen LogP contribution in [-0.4, -0.2) is 31.5 Å². The van der Waals surface area contributed by atoms with E-state index in [0.717, 1.165) is 10.9 Å². The smallest absolute Gasteiger partial charge is 0.277 e.